The summed E-state index contributed by atoms with van der Waals surface area (Å²) in [7, 11) is 0. The lowest BCUT2D eigenvalue weighted by Crippen LogP contribution is -2.41. The quantitative estimate of drug-likeness (QED) is 0.782. The highest BCUT2D eigenvalue weighted by molar-refractivity contribution is 5.80. The zero-order valence-electron chi connectivity index (χ0n) is 13.2. The van der Waals surface area contributed by atoms with Crippen LogP contribution in [0.5, 0.6) is 0 Å². The van der Waals surface area contributed by atoms with E-state index in [1.54, 1.807) is 0 Å². The third-order valence-corrected chi connectivity index (χ3v) is 5.15. The van der Waals surface area contributed by atoms with Crippen molar-refractivity contribution in [1.82, 2.24) is 4.90 Å². The number of aliphatic carboxylic acids is 1. The highest BCUT2D eigenvalue weighted by Crippen LogP contribution is 2.33. The number of hydrogen-bond donors (Lipinski definition) is 1. The number of likely N-dealkylation sites (tertiary alicyclic amines) is 1. The summed E-state index contributed by atoms with van der Waals surface area (Å²) in [5.41, 5.74) is 0. The smallest absolute Gasteiger partial charge is 0.305 e. The van der Waals surface area contributed by atoms with E-state index < -0.39 is 5.97 Å². The van der Waals surface area contributed by atoms with Crippen LogP contribution in [-0.4, -0.2) is 34.5 Å². The minimum Gasteiger partial charge on any atom is -0.481 e. The van der Waals surface area contributed by atoms with Crippen molar-refractivity contribution in [3.63, 3.8) is 0 Å². The van der Waals surface area contributed by atoms with Gasteiger partial charge in [0, 0.05) is 18.5 Å². The predicted molar refractivity (Wildman–Crippen MR) is 82.0 cm³/mol. The van der Waals surface area contributed by atoms with E-state index in [4.69, 9.17) is 5.11 Å². The second-order valence-electron chi connectivity index (χ2n) is 6.80. The van der Waals surface area contributed by atoms with Crippen LogP contribution in [0.3, 0.4) is 0 Å². The van der Waals surface area contributed by atoms with Gasteiger partial charge in [-0.2, -0.15) is 0 Å². The summed E-state index contributed by atoms with van der Waals surface area (Å²) in [6.07, 6.45) is 10.1. The summed E-state index contributed by atoms with van der Waals surface area (Å²) in [5.74, 6) is 0.272. The largest absolute Gasteiger partial charge is 0.481 e. The molecule has 1 saturated carbocycles. The van der Waals surface area contributed by atoms with Crippen LogP contribution in [0.15, 0.2) is 0 Å². The summed E-state index contributed by atoms with van der Waals surface area (Å²) >= 11 is 0. The molecule has 1 aliphatic carbocycles. The second-order valence-corrected chi connectivity index (χ2v) is 6.80. The van der Waals surface area contributed by atoms with Crippen molar-refractivity contribution >= 4 is 11.9 Å². The van der Waals surface area contributed by atoms with E-state index in [1.807, 2.05) is 4.90 Å². The summed E-state index contributed by atoms with van der Waals surface area (Å²) in [6.45, 7) is 2.88. The molecule has 2 rings (SSSR count). The standard InChI is InChI=1S/C17H29NO3/c1-2-6-14(11-13-7-3-4-8-13)17(21)18-10-5-9-15(18)12-16(19)20/h13-15H,2-12H2,1H3,(H,19,20). The number of carbonyl (C=O) groups excluding carboxylic acids is 1. The minimum atomic E-state index is -0.789. The van der Waals surface area contributed by atoms with Gasteiger partial charge in [-0.1, -0.05) is 39.0 Å². The Morgan fingerprint density at radius 3 is 2.52 bits per heavy atom. The Morgan fingerprint density at radius 1 is 1.19 bits per heavy atom. The minimum absolute atomic E-state index is 0.0714. The molecule has 2 unspecified atom stereocenters. The van der Waals surface area contributed by atoms with E-state index >= 15 is 0 Å². The van der Waals surface area contributed by atoms with Crippen LogP contribution in [0.25, 0.3) is 0 Å². The highest BCUT2D eigenvalue weighted by Gasteiger charge is 2.35. The molecule has 120 valence electrons. The molecule has 0 radical (unpaired) electrons. The van der Waals surface area contributed by atoms with Crippen molar-refractivity contribution in [2.24, 2.45) is 11.8 Å². The lowest BCUT2D eigenvalue weighted by Gasteiger charge is -2.29. The molecule has 0 aromatic carbocycles. The summed E-state index contributed by atoms with van der Waals surface area (Å²) in [5, 5.41) is 9.01. The van der Waals surface area contributed by atoms with Gasteiger partial charge in [-0.3, -0.25) is 9.59 Å². The fourth-order valence-electron chi connectivity index (χ4n) is 4.11. The van der Waals surface area contributed by atoms with Gasteiger partial charge in [-0.15, -0.1) is 0 Å². The number of amides is 1. The summed E-state index contributed by atoms with van der Waals surface area (Å²) < 4.78 is 0. The zero-order chi connectivity index (χ0) is 15.2. The molecule has 0 aromatic rings. The third kappa shape index (κ3) is 4.45. The third-order valence-electron chi connectivity index (χ3n) is 5.15. The maximum atomic E-state index is 12.8. The van der Waals surface area contributed by atoms with Crippen LogP contribution in [0.2, 0.25) is 0 Å². The molecule has 0 aromatic heterocycles. The maximum absolute atomic E-state index is 12.8. The molecule has 1 N–H and O–H groups in total. The maximum Gasteiger partial charge on any atom is 0.305 e. The molecule has 1 saturated heterocycles. The average molecular weight is 295 g/mol. The lowest BCUT2D eigenvalue weighted by molar-refractivity contribution is -0.141. The van der Waals surface area contributed by atoms with E-state index in [0.29, 0.717) is 5.92 Å². The van der Waals surface area contributed by atoms with E-state index in [-0.39, 0.29) is 24.3 Å². The van der Waals surface area contributed by atoms with Gasteiger partial charge in [-0.05, 0) is 31.6 Å². The van der Waals surface area contributed by atoms with Crippen LogP contribution in [0.4, 0.5) is 0 Å². The topological polar surface area (TPSA) is 57.6 Å². The number of hydrogen-bond acceptors (Lipinski definition) is 2. The van der Waals surface area contributed by atoms with Crippen LogP contribution in [-0.2, 0) is 9.59 Å². The van der Waals surface area contributed by atoms with E-state index in [1.165, 1.54) is 25.7 Å². The second kappa shape index (κ2) is 7.81. The van der Waals surface area contributed by atoms with Crippen molar-refractivity contribution in [3.05, 3.63) is 0 Å². The van der Waals surface area contributed by atoms with E-state index in [9.17, 15) is 9.59 Å². The SMILES string of the molecule is CCCC(CC1CCCC1)C(=O)N1CCCC1CC(=O)O. The van der Waals surface area contributed by atoms with Crippen LogP contribution >= 0.6 is 0 Å². The fourth-order valence-corrected chi connectivity index (χ4v) is 4.11. The summed E-state index contributed by atoms with van der Waals surface area (Å²) in [6, 6.07) is -0.0714. The van der Waals surface area contributed by atoms with Gasteiger partial charge in [-0.25, -0.2) is 0 Å². The monoisotopic (exact) mass is 295 g/mol. The van der Waals surface area contributed by atoms with Crippen molar-refractivity contribution in [2.45, 2.75) is 77.2 Å². The molecular weight excluding hydrogens is 266 g/mol. The molecule has 1 aliphatic heterocycles. The molecule has 2 fully saturated rings. The molecule has 1 heterocycles. The average Bonchev–Trinajstić information content (AvgIpc) is 3.08. The van der Waals surface area contributed by atoms with Crippen LogP contribution in [0, 0.1) is 11.8 Å². The number of nitrogens with zero attached hydrogens (tertiary/aromatic N) is 1. The first-order valence-electron chi connectivity index (χ1n) is 8.64. The fraction of sp³-hybridized carbons (Fsp3) is 0.882. The van der Waals surface area contributed by atoms with Gasteiger partial charge in [0.05, 0.1) is 6.42 Å². The Bertz CT molecular complexity index is 363. The van der Waals surface area contributed by atoms with Gasteiger partial charge >= 0.3 is 5.97 Å². The van der Waals surface area contributed by atoms with E-state index in [2.05, 4.69) is 6.92 Å². The first-order valence-corrected chi connectivity index (χ1v) is 8.64. The van der Waals surface area contributed by atoms with E-state index in [0.717, 1.165) is 38.6 Å². The van der Waals surface area contributed by atoms with Crippen molar-refractivity contribution < 1.29 is 14.7 Å². The molecule has 1 amide bonds. The normalized spacial score (nSPS) is 24.4. The van der Waals surface area contributed by atoms with Crippen LogP contribution < -0.4 is 0 Å². The lowest BCUT2D eigenvalue weighted by atomic mass is 9.89. The molecule has 2 atom stereocenters. The summed E-state index contributed by atoms with van der Waals surface area (Å²) in [4.78, 5) is 25.7. The highest BCUT2D eigenvalue weighted by atomic mass is 16.4. The number of carboxylic acids is 1. The zero-order valence-corrected chi connectivity index (χ0v) is 13.2. The van der Waals surface area contributed by atoms with Gasteiger partial charge in [0.2, 0.25) is 5.91 Å². The molecule has 2 aliphatic rings. The van der Waals surface area contributed by atoms with Crippen molar-refractivity contribution in [2.75, 3.05) is 6.54 Å². The van der Waals surface area contributed by atoms with Gasteiger partial charge in [0.25, 0.3) is 0 Å². The Labute approximate surface area is 127 Å². The molecule has 0 spiro atoms. The van der Waals surface area contributed by atoms with Gasteiger partial charge in [0.1, 0.15) is 0 Å². The Kier molecular flexibility index (Phi) is 6.07. The molecule has 21 heavy (non-hydrogen) atoms. The van der Waals surface area contributed by atoms with Gasteiger partial charge < -0.3 is 10.0 Å². The molecule has 4 nitrogen and oxygen atoms in total. The first kappa shape index (κ1) is 16.3. The van der Waals surface area contributed by atoms with Crippen molar-refractivity contribution in [3.8, 4) is 0 Å². The first-order chi connectivity index (χ1) is 10.1. The number of carboxylic acid groups (broad SMARTS) is 1. The van der Waals surface area contributed by atoms with Crippen molar-refractivity contribution in [1.29, 1.82) is 0 Å². The number of carbonyl (C=O) groups is 2. The molecule has 0 bridgehead atoms. The number of rotatable bonds is 7. The predicted octanol–water partition coefficient (Wildman–Crippen LogP) is 3.45. The van der Waals surface area contributed by atoms with Gasteiger partial charge in [0.15, 0.2) is 0 Å². The van der Waals surface area contributed by atoms with Crippen LogP contribution in [0.1, 0.15) is 71.1 Å². The Hall–Kier alpha value is -1.06. The molecular formula is C17H29NO3. The molecule has 4 heteroatoms. The Morgan fingerprint density at radius 2 is 1.90 bits per heavy atom. The Balaban J connectivity index is 1.97.